The number of carbonyl (C=O) groups excluding carboxylic acids is 1. The molecule has 0 aromatic rings. The lowest BCUT2D eigenvalue weighted by Crippen LogP contribution is -2.19. The fourth-order valence-corrected chi connectivity index (χ4v) is 3.06. The molecule has 2 atom stereocenters. The summed E-state index contributed by atoms with van der Waals surface area (Å²) in [5, 5.41) is 10.2. The van der Waals surface area contributed by atoms with E-state index in [1.165, 1.54) is 38.5 Å². The first-order chi connectivity index (χ1) is 12.3. The van der Waals surface area contributed by atoms with Crippen LogP contribution in [0.5, 0.6) is 0 Å². The number of aliphatic hydroxyl groups is 1. The first-order valence-corrected chi connectivity index (χ1v) is 10.2. The van der Waals surface area contributed by atoms with Gasteiger partial charge in [-0.2, -0.15) is 0 Å². The van der Waals surface area contributed by atoms with Crippen LogP contribution in [-0.4, -0.2) is 23.5 Å². The topological polar surface area (TPSA) is 46.5 Å². The van der Waals surface area contributed by atoms with E-state index in [0.29, 0.717) is 18.8 Å². The van der Waals surface area contributed by atoms with Crippen LogP contribution in [0.1, 0.15) is 104 Å². The molecule has 0 aliphatic heterocycles. The predicted molar refractivity (Wildman–Crippen MR) is 97.6 cm³/mol. The van der Waals surface area contributed by atoms with Gasteiger partial charge in [-0.05, 0) is 25.2 Å². The van der Waals surface area contributed by atoms with Crippen LogP contribution >= 0.6 is 0 Å². The van der Waals surface area contributed by atoms with E-state index >= 15 is 0 Å². The molecule has 0 saturated carbocycles. The first-order valence-electron chi connectivity index (χ1n) is 10.2. The Kier molecular flexibility index (Phi) is 14.8. The van der Waals surface area contributed by atoms with Gasteiger partial charge in [-0.3, -0.25) is 4.79 Å². The lowest BCUT2D eigenvalue weighted by atomic mass is 9.93. The Hall–Kier alpha value is -0.780. The lowest BCUT2D eigenvalue weighted by Gasteiger charge is -2.18. The van der Waals surface area contributed by atoms with Crippen molar-refractivity contribution in [2.45, 2.75) is 116 Å². The number of carbonyl (C=O) groups is 1. The molecule has 0 aliphatic rings. The summed E-state index contributed by atoms with van der Waals surface area (Å²) >= 11 is 0. The minimum absolute atomic E-state index is 0.197. The van der Waals surface area contributed by atoms with Gasteiger partial charge in [0.25, 0.3) is 0 Å². The molecule has 0 spiro atoms. The van der Waals surface area contributed by atoms with Gasteiger partial charge < -0.3 is 9.84 Å². The summed E-state index contributed by atoms with van der Waals surface area (Å²) in [7, 11) is 0. The molecule has 156 valence electrons. The predicted octanol–water partition coefficient (Wildman–Crippen LogP) is 6.53. The zero-order valence-corrected chi connectivity index (χ0v) is 16.5. The summed E-state index contributed by atoms with van der Waals surface area (Å²) in [5.41, 5.74) is 0. The third kappa shape index (κ3) is 16.7. The Labute approximate surface area is 156 Å². The normalized spacial score (nSPS) is 14.2. The first kappa shape index (κ1) is 25.2. The van der Waals surface area contributed by atoms with Gasteiger partial charge in [-0.1, -0.05) is 78.1 Å². The van der Waals surface area contributed by atoms with Crippen molar-refractivity contribution in [2.75, 3.05) is 0 Å². The van der Waals surface area contributed by atoms with Crippen molar-refractivity contribution in [1.82, 2.24) is 0 Å². The van der Waals surface area contributed by atoms with Crippen molar-refractivity contribution < 1.29 is 27.8 Å². The average molecular weight is 383 g/mol. The van der Waals surface area contributed by atoms with Gasteiger partial charge in [0.05, 0.1) is 6.10 Å². The second-order valence-electron chi connectivity index (χ2n) is 7.33. The zero-order valence-electron chi connectivity index (χ0n) is 16.5. The molecule has 0 aromatic carbocycles. The Morgan fingerprint density at radius 2 is 1.38 bits per heavy atom. The molecule has 1 N–H and O–H groups in total. The fraction of sp³-hybridized carbons (Fsp3) is 0.950. The molecule has 0 amide bonds. The van der Waals surface area contributed by atoms with Crippen molar-refractivity contribution in [1.29, 1.82) is 0 Å². The minimum Gasteiger partial charge on any atom is -0.393 e. The number of halogens is 3. The number of hydrogen-bond acceptors (Lipinski definition) is 3. The Bertz CT molecular complexity index is 346. The van der Waals surface area contributed by atoms with Crippen LogP contribution < -0.4 is 0 Å². The molecule has 0 saturated heterocycles. The quantitative estimate of drug-likeness (QED) is 0.244. The van der Waals surface area contributed by atoms with Gasteiger partial charge in [0.1, 0.15) is 0 Å². The van der Waals surface area contributed by atoms with Crippen molar-refractivity contribution in [3.05, 3.63) is 0 Å². The van der Waals surface area contributed by atoms with Crippen LogP contribution in [0.3, 0.4) is 0 Å². The summed E-state index contributed by atoms with van der Waals surface area (Å²) < 4.78 is 38.7. The molecule has 0 bridgehead atoms. The van der Waals surface area contributed by atoms with Crippen molar-refractivity contribution in [3.63, 3.8) is 0 Å². The summed E-state index contributed by atoms with van der Waals surface area (Å²) in [4.78, 5) is 10.9. The third-order valence-electron chi connectivity index (χ3n) is 4.78. The molecule has 0 heterocycles. The van der Waals surface area contributed by atoms with Gasteiger partial charge in [0.15, 0.2) is 0 Å². The SMILES string of the molecule is CCCCCCCCC(C)C(O)CCCCCCCC(=O)OC(F)(F)F. The number of hydrogen-bond donors (Lipinski definition) is 1. The zero-order chi connectivity index (χ0) is 19.8. The van der Waals surface area contributed by atoms with Crippen LogP contribution in [0, 0.1) is 5.92 Å². The van der Waals surface area contributed by atoms with Gasteiger partial charge in [0.2, 0.25) is 0 Å². The summed E-state index contributed by atoms with van der Waals surface area (Å²) in [5.74, 6) is -0.894. The van der Waals surface area contributed by atoms with Gasteiger partial charge in [-0.25, -0.2) is 0 Å². The Balaban J connectivity index is 3.49. The second kappa shape index (κ2) is 15.3. The molecule has 0 rings (SSSR count). The van der Waals surface area contributed by atoms with Crippen LogP contribution in [0.4, 0.5) is 13.2 Å². The van der Waals surface area contributed by atoms with Crippen molar-refractivity contribution in [3.8, 4) is 0 Å². The molecule has 0 aromatic heterocycles. The standard InChI is InChI=1S/C20H37F3O3/c1-3-4-5-6-8-11-14-17(2)18(24)15-12-9-7-10-13-16-19(25)26-20(21,22)23/h17-18,24H,3-16H2,1-2H3. The lowest BCUT2D eigenvalue weighted by molar-refractivity contribution is -0.305. The second-order valence-corrected chi connectivity index (χ2v) is 7.33. The van der Waals surface area contributed by atoms with Gasteiger partial charge in [0, 0.05) is 6.42 Å². The Morgan fingerprint density at radius 3 is 1.96 bits per heavy atom. The third-order valence-corrected chi connectivity index (χ3v) is 4.78. The largest absolute Gasteiger partial charge is 0.575 e. The van der Waals surface area contributed by atoms with E-state index in [0.717, 1.165) is 32.1 Å². The molecule has 2 unspecified atom stereocenters. The van der Waals surface area contributed by atoms with E-state index < -0.39 is 12.3 Å². The van der Waals surface area contributed by atoms with E-state index in [4.69, 9.17) is 0 Å². The molecule has 0 fully saturated rings. The summed E-state index contributed by atoms with van der Waals surface area (Å²) in [6.45, 7) is 4.31. The minimum atomic E-state index is -4.88. The summed E-state index contributed by atoms with van der Waals surface area (Å²) in [6.07, 6.45) is 7.88. The average Bonchev–Trinajstić information content (AvgIpc) is 2.55. The molecule has 26 heavy (non-hydrogen) atoms. The maximum atomic E-state index is 11.8. The maximum absolute atomic E-state index is 11.8. The highest BCUT2D eigenvalue weighted by atomic mass is 19.4. The number of rotatable bonds is 16. The van der Waals surface area contributed by atoms with Crippen molar-refractivity contribution >= 4 is 5.97 Å². The van der Waals surface area contributed by atoms with E-state index in [-0.39, 0.29) is 12.5 Å². The van der Waals surface area contributed by atoms with Crippen LogP contribution in [0.25, 0.3) is 0 Å². The number of esters is 1. The highest BCUT2D eigenvalue weighted by molar-refractivity contribution is 5.69. The van der Waals surface area contributed by atoms with Gasteiger partial charge in [-0.15, -0.1) is 13.2 Å². The van der Waals surface area contributed by atoms with Crippen LogP contribution in [0.15, 0.2) is 0 Å². The maximum Gasteiger partial charge on any atom is 0.575 e. The molecular weight excluding hydrogens is 345 g/mol. The van der Waals surface area contributed by atoms with E-state index in [9.17, 15) is 23.1 Å². The van der Waals surface area contributed by atoms with Crippen LogP contribution in [0.2, 0.25) is 0 Å². The fourth-order valence-electron chi connectivity index (χ4n) is 3.06. The summed E-state index contributed by atoms with van der Waals surface area (Å²) in [6, 6.07) is 0. The number of ether oxygens (including phenoxy) is 1. The van der Waals surface area contributed by atoms with Crippen LogP contribution in [-0.2, 0) is 9.53 Å². The van der Waals surface area contributed by atoms with Gasteiger partial charge >= 0.3 is 12.3 Å². The molecular formula is C20H37F3O3. The van der Waals surface area contributed by atoms with E-state index in [2.05, 4.69) is 18.6 Å². The monoisotopic (exact) mass is 382 g/mol. The molecule has 3 nitrogen and oxygen atoms in total. The molecule has 0 radical (unpaired) electrons. The number of aliphatic hydroxyl groups excluding tert-OH is 1. The highest BCUT2D eigenvalue weighted by Crippen LogP contribution is 2.20. The Morgan fingerprint density at radius 1 is 0.885 bits per heavy atom. The molecule has 0 aliphatic carbocycles. The number of alkyl halides is 3. The molecule has 6 heteroatoms. The highest BCUT2D eigenvalue weighted by Gasteiger charge is 2.33. The van der Waals surface area contributed by atoms with Crippen molar-refractivity contribution in [2.24, 2.45) is 5.92 Å². The van der Waals surface area contributed by atoms with E-state index in [1.807, 2.05) is 0 Å². The number of unbranched alkanes of at least 4 members (excludes halogenated alkanes) is 9. The smallest absolute Gasteiger partial charge is 0.393 e. The van der Waals surface area contributed by atoms with E-state index in [1.54, 1.807) is 0 Å².